The molecule has 0 unspecified atom stereocenters. The smallest absolute Gasteiger partial charge is 0.240 e. The molecule has 0 atom stereocenters. The Bertz CT molecular complexity index is 904. The third kappa shape index (κ3) is 5.22. The molecular formula is C16H15ClF2N2O3S. The van der Waals surface area contributed by atoms with Crippen molar-refractivity contribution in [3.8, 4) is 0 Å². The molecule has 0 aliphatic rings. The van der Waals surface area contributed by atoms with E-state index in [1.807, 2.05) is 0 Å². The minimum atomic E-state index is -4.04. The molecule has 0 heterocycles. The van der Waals surface area contributed by atoms with E-state index in [-0.39, 0.29) is 13.0 Å². The molecule has 0 spiro atoms. The van der Waals surface area contributed by atoms with Gasteiger partial charge in [-0.25, -0.2) is 21.9 Å². The van der Waals surface area contributed by atoms with Gasteiger partial charge in [0.2, 0.25) is 15.9 Å². The largest absolute Gasteiger partial charge is 0.326 e. The molecule has 2 aromatic carbocycles. The molecule has 0 aliphatic carbocycles. The number of amides is 1. The minimum Gasteiger partial charge on any atom is -0.326 e. The highest BCUT2D eigenvalue weighted by Crippen LogP contribution is 2.20. The van der Waals surface area contributed by atoms with Crippen molar-refractivity contribution in [2.75, 3.05) is 11.9 Å². The molecule has 1 amide bonds. The molecule has 2 aromatic rings. The Morgan fingerprint density at radius 3 is 2.52 bits per heavy atom. The first-order valence-corrected chi connectivity index (χ1v) is 9.06. The van der Waals surface area contributed by atoms with Crippen LogP contribution in [-0.4, -0.2) is 20.9 Å². The second-order valence-corrected chi connectivity index (χ2v) is 7.43. The molecule has 0 radical (unpaired) electrons. The lowest BCUT2D eigenvalue weighted by Crippen LogP contribution is -2.28. The van der Waals surface area contributed by atoms with Gasteiger partial charge in [0.15, 0.2) is 11.6 Å². The van der Waals surface area contributed by atoms with E-state index in [1.54, 1.807) is 25.1 Å². The van der Waals surface area contributed by atoms with Crippen LogP contribution >= 0.6 is 11.6 Å². The predicted octanol–water partition coefficient (Wildman–Crippen LogP) is 3.23. The van der Waals surface area contributed by atoms with Crippen LogP contribution in [0, 0.1) is 18.6 Å². The Labute approximate surface area is 149 Å². The Morgan fingerprint density at radius 2 is 1.84 bits per heavy atom. The molecule has 2 N–H and O–H groups in total. The summed E-state index contributed by atoms with van der Waals surface area (Å²) in [5.41, 5.74) is 1.33. The number of sulfonamides is 1. The first-order chi connectivity index (χ1) is 11.7. The van der Waals surface area contributed by atoms with Gasteiger partial charge in [0.1, 0.15) is 0 Å². The average molecular weight is 389 g/mol. The summed E-state index contributed by atoms with van der Waals surface area (Å²) in [5.74, 6) is -2.83. The number of anilines is 1. The summed E-state index contributed by atoms with van der Waals surface area (Å²) in [6.07, 6.45) is -0.144. The highest BCUT2D eigenvalue weighted by Gasteiger charge is 2.16. The van der Waals surface area contributed by atoms with Gasteiger partial charge in [0, 0.05) is 23.7 Å². The summed E-state index contributed by atoms with van der Waals surface area (Å²) < 4.78 is 52.1. The number of nitrogens with one attached hydrogen (secondary N) is 2. The van der Waals surface area contributed by atoms with Crippen LogP contribution < -0.4 is 10.0 Å². The molecule has 0 bridgehead atoms. The van der Waals surface area contributed by atoms with Crippen LogP contribution in [-0.2, 0) is 14.8 Å². The van der Waals surface area contributed by atoms with Crippen LogP contribution in [0.1, 0.15) is 12.0 Å². The fourth-order valence-electron chi connectivity index (χ4n) is 1.97. The first kappa shape index (κ1) is 19.3. The fourth-order valence-corrected chi connectivity index (χ4v) is 3.18. The Morgan fingerprint density at radius 1 is 1.12 bits per heavy atom. The second-order valence-electron chi connectivity index (χ2n) is 5.23. The zero-order valence-corrected chi connectivity index (χ0v) is 14.7. The molecule has 9 heteroatoms. The van der Waals surface area contributed by atoms with Gasteiger partial charge in [-0.05, 0) is 42.8 Å². The van der Waals surface area contributed by atoms with Crippen LogP contribution in [0.2, 0.25) is 5.02 Å². The number of halogens is 3. The summed E-state index contributed by atoms with van der Waals surface area (Å²) in [6, 6.07) is 7.24. The van der Waals surface area contributed by atoms with E-state index in [2.05, 4.69) is 10.0 Å². The molecular weight excluding hydrogens is 374 g/mol. The van der Waals surface area contributed by atoms with Crippen LogP contribution in [0.25, 0.3) is 0 Å². The minimum absolute atomic E-state index is 0.144. The van der Waals surface area contributed by atoms with E-state index in [0.29, 0.717) is 16.8 Å². The summed E-state index contributed by atoms with van der Waals surface area (Å²) in [7, 11) is -4.04. The van der Waals surface area contributed by atoms with Crippen molar-refractivity contribution in [2.24, 2.45) is 0 Å². The number of carbonyl (C=O) groups is 1. The van der Waals surface area contributed by atoms with E-state index in [0.717, 1.165) is 17.7 Å². The average Bonchev–Trinajstić information content (AvgIpc) is 2.53. The molecule has 134 valence electrons. The Hall–Kier alpha value is -2.03. The molecule has 0 aliphatic heterocycles. The number of rotatable bonds is 6. The quantitative estimate of drug-likeness (QED) is 0.797. The van der Waals surface area contributed by atoms with Crippen molar-refractivity contribution in [3.63, 3.8) is 0 Å². The van der Waals surface area contributed by atoms with Gasteiger partial charge in [0.25, 0.3) is 0 Å². The summed E-state index contributed by atoms with van der Waals surface area (Å²) in [4.78, 5) is 11.5. The van der Waals surface area contributed by atoms with E-state index in [9.17, 15) is 22.0 Å². The first-order valence-electron chi connectivity index (χ1n) is 7.20. The number of carbonyl (C=O) groups excluding carboxylic acids is 1. The monoisotopic (exact) mass is 388 g/mol. The molecule has 0 fully saturated rings. The maximum atomic E-state index is 13.1. The molecule has 5 nitrogen and oxygen atoms in total. The summed E-state index contributed by atoms with van der Waals surface area (Å²) in [6.45, 7) is 1.59. The van der Waals surface area contributed by atoms with E-state index >= 15 is 0 Å². The fraction of sp³-hybridized carbons (Fsp3) is 0.188. The predicted molar refractivity (Wildman–Crippen MR) is 91.0 cm³/mol. The lowest BCUT2D eigenvalue weighted by molar-refractivity contribution is -0.116. The Balaban J connectivity index is 1.93. The maximum Gasteiger partial charge on any atom is 0.240 e. The van der Waals surface area contributed by atoms with Crippen LogP contribution in [0.4, 0.5) is 14.5 Å². The van der Waals surface area contributed by atoms with Crippen LogP contribution in [0.15, 0.2) is 41.3 Å². The zero-order valence-electron chi connectivity index (χ0n) is 13.1. The van der Waals surface area contributed by atoms with Crippen LogP contribution in [0.3, 0.4) is 0 Å². The third-order valence-corrected chi connectivity index (χ3v) is 5.01. The lowest BCUT2D eigenvalue weighted by Gasteiger charge is -2.10. The topological polar surface area (TPSA) is 75.3 Å². The highest BCUT2D eigenvalue weighted by molar-refractivity contribution is 7.89. The van der Waals surface area contributed by atoms with Gasteiger partial charge in [-0.15, -0.1) is 0 Å². The third-order valence-electron chi connectivity index (χ3n) is 3.32. The molecule has 0 saturated carbocycles. The van der Waals surface area contributed by atoms with Crippen LogP contribution in [0.5, 0.6) is 0 Å². The van der Waals surface area contributed by atoms with E-state index in [4.69, 9.17) is 11.6 Å². The lowest BCUT2D eigenvalue weighted by atomic mass is 10.2. The number of aryl methyl sites for hydroxylation is 1. The van der Waals surface area contributed by atoms with Gasteiger partial charge in [-0.3, -0.25) is 4.79 Å². The van der Waals surface area contributed by atoms with Crippen molar-refractivity contribution >= 4 is 33.2 Å². The van der Waals surface area contributed by atoms with Gasteiger partial charge < -0.3 is 5.32 Å². The maximum absolute atomic E-state index is 13.1. The van der Waals surface area contributed by atoms with Crippen molar-refractivity contribution in [1.82, 2.24) is 4.72 Å². The highest BCUT2D eigenvalue weighted by atomic mass is 35.5. The molecule has 0 aromatic heterocycles. The van der Waals surface area contributed by atoms with E-state index < -0.39 is 32.5 Å². The van der Waals surface area contributed by atoms with Gasteiger partial charge in [0.05, 0.1) is 4.90 Å². The molecule has 2 rings (SSSR count). The van der Waals surface area contributed by atoms with Crippen molar-refractivity contribution in [3.05, 3.63) is 58.6 Å². The standard InChI is InChI=1S/C16H15ClF2N2O3S/c1-10-2-3-11(17)8-15(10)21-16(22)6-7-20-25(23,24)12-4-5-13(18)14(19)9-12/h2-5,8-9,20H,6-7H2,1H3,(H,21,22). The summed E-state index contributed by atoms with van der Waals surface area (Å²) >= 11 is 5.86. The zero-order chi connectivity index (χ0) is 18.6. The molecule has 0 saturated heterocycles. The van der Waals surface area contributed by atoms with Gasteiger partial charge >= 0.3 is 0 Å². The van der Waals surface area contributed by atoms with E-state index in [1.165, 1.54) is 0 Å². The normalized spacial score (nSPS) is 11.4. The van der Waals surface area contributed by atoms with Crippen molar-refractivity contribution < 1.29 is 22.0 Å². The van der Waals surface area contributed by atoms with Gasteiger partial charge in [-0.1, -0.05) is 17.7 Å². The number of hydrogen-bond donors (Lipinski definition) is 2. The second kappa shape index (κ2) is 7.90. The van der Waals surface area contributed by atoms with Crippen molar-refractivity contribution in [1.29, 1.82) is 0 Å². The molecule has 25 heavy (non-hydrogen) atoms. The van der Waals surface area contributed by atoms with Crippen molar-refractivity contribution in [2.45, 2.75) is 18.2 Å². The van der Waals surface area contributed by atoms with Gasteiger partial charge in [-0.2, -0.15) is 0 Å². The number of hydrogen-bond acceptors (Lipinski definition) is 3. The Kier molecular flexibility index (Phi) is 6.10. The number of benzene rings is 2. The summed E-state index contributed by atoms with van der Waals surface area (Å²) in [5, 5.41) is 3.08. The SMILES string of the molecule is Cc1ccc(Cl)cc1NC(=O)CCNS(=O)(=O)c1ccc(F)c(F)c1.